The molecule has 1 N–H and O–H groups in total. The lowest BCUT2D eigenvalue weighted by atomic mass is 10.1. The minimum atomic E-state index is -3.55. The van der Waals surface area contributed by atoms with Gasteiger partial charge in [-0.1, -0.05) is 36.4 Å². The van der Waals surface area contributed by atoms with Crippen LogP contribution in [0.4, 0.5) is 0 Å². The Morgan fingerprint density at radius 3 is 2.13 bits per heavy atom. The van der Waals surface area contributed by atoms with Gasteiger partial charge in [-0.3, -0.25) is 0 Å². The van der Waals surface area contributed by atoms with Crippen molar-refractivity contribution in [2.45, 2.75) is 23.8 Å². The van der Waals surface area contributed by atoms with Crippen molar-refractivity contribution in [2.75, 3.05) is 55.1 Å². The molecule has 0 spiro atoms. The molecule has 0 fully saturated rings. The van der Waals surface area contributed by atoms with Crippen molar-refractivity contribution in [1.29, 1.82) is 0 Å². The molecule has 31 heavy (non-hydrogen) atoms. The van der Waals surface area contributed by atoms with Gasteiger partial charge < -0.3 is 30.2 Å². The van der Waals surface area contributed by atoms with Crippen LogP contribution in [0.2, 0.25) is 6.04 Å². The van der Waals surface area contributed by atoms with Crippen LogP contribution in [0.15, 0.2) is 47.4 Å². The van der Waals surface area contributed by atoms with Crippen molar-refractivity contribution in [2.24, 2.45) is 0 Å². The van der Waals surface area contributed by atoms with Crippen LogP contribution >= 0.6 is 0 Å². The van der Waals surface area contributed by atoms with Gasteiger partial charge in [0, 0.05) is 52.1 Å². The first kappa shape index (κ1) is 28.0. The number of rotatable bonds is 13. The van der Waals surface area contributed by atoms with Gasteiger partial charge in [0.25, 0.3) is 0 Å². The number of quaternary nitrogens is 1. The van der Waals surface area contributed by atoms with E-state index in [0.717, 1.165) is 47.2 Å². The van der Waals surface area contributed by atoms with Crippen LogP contribution < -0.4 is 17.1 Å². The second-order valence-electron chi connectivity index (χ2n) is 8.01. The van der Waals surface area contributed by atoms with Crippen LogP contribution in [-0.4, -0.2) is 76.8 Å². The Labute approximate surface area is 194 Å². The molecular formula is C21H35ClN2O5SSi. The Kier molecular flexibility index (Phi) is 11.1. The quantitative estimate of drug-likeness (QED) is 0.240. The molecular weight excluding hydrogens is 456 g/mol. The van der Waals surface area contributed by atoms with Gasteiger partial charge in [-0.05, 0) is 11.5 Å². The molecule has 7 nitrogen and oxygen atoms in total. The molecule has 0 aliphatic carbocycles. The van der Waals surface area contributed by atoms with E-state index in [1.165, 1.54) is 0 Å². The third-order valence-corrected chi connectivity index (χ3v) is 9.80. The molecule has 2 aromatic rings. The third kappa shape index (κ3) is 7.79. The second kappa shape index (κ2) is 12.3. The van der Waals surface area contributed by atoms with Crippen LogP contribution in [0.3, 0.4) is 0 Å². The van der Waals surface area contributed by atoms with Crippen LogP contribution in [0, 0.1) is 0 Å². The number of fused-ring (bicyclic) bond motifs is 1. The number of benzene rings is 2. The molecule has 10 heteroatoms. The lowest BCUT2D eigenvalue weighted by Gasteiger charge is -2.31. The lowest BCUT2D eigenvalue weighted by Crippen LogP contribution is -3.00. The fourth-order valence-corrected chi connectivity index (χ4v) is 6.62. The van der Waals surface area contributed by atoms with E-state index in [-0.39, 0.29) is 12.4 Å². The molecule has 0 radical (unpaired) electrons. The normalized spacial score (nSPS) is 12.7. The van der Waals surface area contributed by atoms with E-state index < -0.39 is 18.8 Å². The Balaban J connectivity index is 0.00000480. The molecule has 0 saturated carbocycles. The van der Waals surface area contributed by atoms with Crippen LogP contribution in [-0.2, 0) is 23.3 Å². The molecule has 176 valence electrons. The summed E-state index contributed by atoms with van der Waals surface area (Å²) in [6, 6.07) is 13.6. The summed E-state index contributed by atoms with van der Waals surface area (Å²) in [4.78, 5) is 0.328. The molecule has 0 amide bonds. The molecule has 0 heterocycles. The summed E-state index contributed by atoms with van der Waals surface area (Å²) < 4.78 is 45.6. The number of hydrogen-bond donors (Lipinski definition) is 1. The average molecular weight is 491 g/mol. The highest BCUT2D eigenvalue weighted by Crippen LogP contribution is 2.22. The van der Waals surface area contributed by atoms with Crippen molar-refractivity contribution in [3.8, 4) is 0 Å². The molecule has 0 aromatic heterocycles. The number of hydrogen-bond acceptors (Lipinski definition) is 5. The highest BCUT2D eigenvalue weighted by Gasteiger charge is 2.37. The number of nitrogens with zero attached hydrogens (tertiary/aromatic N) is 1. The van der Waals surface area contributed by atoms with Crippen LogP contribution in [0.25, 0.3) is 10.8 Å². The van der Waals surface area contributed by atoms with E-state index in [4.69, 9.17) is 13.3 Å². The predicted molar refractivity (Wildman–Crippen MR) is 122 cm³/mol. The van der Waals surface area contributed by atoms with E-state index in [1.807, 2.05) is 30.3 Å². The zero-order valence-corrected chi connectivity index (χ0v) is 21.6. The number of sulfonamides is 1. The fraction of sp³-hybridized carbons (Fsp3) is 0.524. The first-order valence-corrected chi connectivity index (χ1v) is 13.5. The first-order valence-electron chi connectivity index (χ1n) is 10.1. The largest absolute Gasteiger partial charge is 1.00 e. The average Bonchev–Trinajstić information content (AvgIpc) is 2.74. The van der Waals surface area contributed by atoms with Crippen molar-refractivity contribution in [1.82, 2.24) is 4.72 Å². The van der Waals surface area contributed by atoms with Crippen molar-refractivity contribution in [3.05, 3.63) is 42.5 Å². The maximum Gasteiger partial charge on any atom is 0.500 e. The van der Waals surface area contributed by atoms with Crippen molar-refractivity contribution in [3.63, 3.8) is 0 Å². The Morgan fingerprint density at radius 2 is 1.48 bits per heavy atom. The van der Waals surface area contributed by atoms with Gasteiger partial charge in [-0.25, -0.2) is 13.1 Å². The highest BCUT2D eigenvalue weighted by molar-refractivity contribution is 7.89. The molecule has 0 bridgehead atoms. The highest BCUT2D eigenvalue weighted by atomic mass is 35.5. The fourth-order valence-electron chi connectivity index (χ4n) is 3.61. The zero-order chi connectivity index (χ0) is 22.3. The second-order valence-corrected chi connectivity index (χ2v) is 12.8. The maximum atomic E-state index is 12.8. The Morgan fingerprint density at radius 1 is 0.903 bits per heavy atom. The summed E-state index contributed by atoms with van der Waals surface area (Å²) in [6.07, 6.45) is 1.66. The van der Waals surface area contributed by atoms with Gasteiger partial charge in [0.2, 0.25) is 10.0 Å². The third-order valence-electron chi connectivity index (χ3n) is 5.45. The van der Waals surface area contributed by atoms with E-state index in [0.29, 0.717) is 11.4 Å². The smallest absolute Gasteiger partial charge is 0.500 e. The van der Waals surface area contributed by atoms with E-state index in [1.54, 1.807) is 33.5 Å². The summed E-state index contributed by atoms with van der Waals surface area (Å²) >= 11 is 0. The van der Waals surface area contributed by atoms with E-state index in [2.05, 4.69) is 18.8 Å². The molecule has 0 atom stereocenters. The number of halogens is 1. The monoisotopic (exact) mass is 490 g/mol. The summed E-state index contributed by atoms with van der Waals surface area (Å²) in [5, 5.41) is 1.66. The summed E-state index contributed by atoms with van der Waals surface area (Å²) in [6.45, 7) is 2.20. The van der Waals surface area contributed by atoms with Gasteiger partial charge in [-0.15, -0.1) is 0 Å². The zero-order valence-electron chi connectivity index (χ0n) is 19.1. The van der Waals surface area contributed by atoms with E-state index in [9.17, 15) is 8.42 Å². The predicted octanol–water partition coefficient (Wildman–Crippen LogP) is -0.143. The molecule has 0 aliphatic rings. The van der Waals surface area contributed by atoms with Gasteiger partial charge in [0.05, 0.1) is 32.1 Å². The maximum absolute atomic E-state index is 12.8. The molecule has 0 aliphatic heterocycles. The Bertz CT molecular complexity index is 909. The summed E-state index contributed by atoms with van der Waals surface area (Å²) in [5.41, 5.74) is 0. The molecule has 2 aromatic carbocycles. The van der Waals surface area contributed by atoms with E-state index >= 15 is 0 Å². The molecule has 0 unspecified atom stereocenters. The summed E-state index contributed by atoms with van der Waals surface area (Å²) in [5.74, 6) is 0. The lowest BCUT2D eigenvalue weighted by molar-refractivity contribution is -0.890. The van der Waals surface area contributed by atoms with Crippen molar-refractivity contribution >= 4 is 29.6 Å². The standard InChI is InChI=1S/C21H35N2O5SSi.ClH/c1-23(2,17-10-18-30(26-3,27-4)28-5)16-9-15-22-29(24,25)21-14-8-12-19-11-6-7-13-20(19)21;/h6-8,11-14,22H,9-10,15-18H2,1-5H3;1H/q+1;/p-1. The molecule has 0 saturated heterocycles. The number of nitrogens with one attached hydrogen (secondary N) is 1. The van der Waals surface area contributed by atoms with Gasteiger partial charge in [-0.2, -0.15) is 0 Å². The van der Waals surface area contributed by atoms with Crippen LogP contribution in [0.1, 0.15) is 12.8 Å². The van der Waals surface area contributed by atoms with Gasteiger partial charge in [0.15, 0.2) is 0 Å². The topological polar surface area (TPSA) is 73.9 Å². The van der Waals surface area contributed by atoms with Crippen molar-refractivity contribution < 1.29 is 38.6 Å². The summed E-state index contributed by atoms with van der Waals surface area (Å²) in [7, 11) is 3.08. The first-order chi connectivity index (χ1) is 14.2. The molecule has 2 rings (SSSR count). The van der Waals surface area contributed by atoms with Gasteiger partial charge in [0.1, 0.15) is 0 Å². The minimum Gasteiger partial charge on any atom is -1.00 e. The Hall–Kier alpha value is -1.04. The minimum absolute atomic E-state index is 0. The van der Waals surface area contributed by atoms with Crippen LogP contribution in [0.5, 0.6) is 0 Å². The SMILES string of the molecule is CO[Si](CCC[N+](C)(C)CCCNS(=O)(=O)c1cccc2ccccc12)(OC)OC.[Cl-]. The van der Waals surface area contributed by atoms with Gasteiger partial charge >= 0.3 is 8.80 Å².